The molecule has 4 nitrogen and oxygen atoms in total. The summed E-state index contributed by atoms with van der Waals surface area (Å²) < 4.78 is 4.47. The van der Waals surface area contributed by atoms with Crippen LogP contribution in [0.3, 0.4) is 0 Å². The predicted molar refractivity (Wildman–Crippen MR) is 51.4 cm³/mol. The van der Waals surface area contributed by atoms with Gasteiger partial charge in [-0.2, -0.15) is 0 Å². The molecule has 0 bridgehead atoms. The number of nitrogens with zero attached hydrogens (tertiary/aromatic N) is 1. The molecule has 0 aliphatic rings. The molecule has 0 fully saturated rings. The quantitative estimate of drug-likeness (QED) is 0.342. The molecule has 0 unspecified atom stereocenters. The summed E-state index contributed by atoms with van der Waals surface area (Å²) in [4.78, 5) is 10.9. The van der Waals surface area contributed by atoms with E-state index in [2.05, 4.69) is 9.89 Å². The third kappa shape index (κ3) is 2.58. The van der Waals surface area contributed by atoms with Crippen LogP contribution in [-0.4, -0.2) is 24.0 Å². The van der Waals surface area contributed by atoms with E-state index in [1.807, 2.05) is 6.07 Å². The fourth-order valence-corrected chi connectivity index (χ4v) is 1.03. The highest BCUT2D eigenvalue weighted by atomic mass is 16.5. The first-order chi connectivity index (χ1) is 6.77. The van der Waals surface area contributed by atoms with Crippen molar-refractivity contribution in [1.29, 1.82) is 0 Å². The number of carbonyl (C=O) groups is 1. The van der Waals surface area contributed by atoms with Gasteiger partial charge in [0.25, 0.3) is 0 Å². The fraction of sp³-hybridized carbons (Fsp3) is 0.200. The Hall–Kier alpha value is -1.84. The van der Waals surface area contributed by atoms with Gasteiger partial charge < -0.3 is 9.94 Å². The van der Waals surface area contributed by atoms with Crippen molar-refractivity contribution >= 4 is 11.7 Å². The predicted octanol–water partition coefficient (Wildman–Crippen LogP) is 1.43. The van der Waals surface area contributed by atoms with E-state index in [0.29, 0.717) is 11.3 Å². The first-order valence-electron chi connectivity index (χ1n) is 4.11. The van der Waals surface area contributed by atoms with Crippen LogP contribution in [0.25, 0.3) is 0 Å². The molecule has 74 valence electrons. The molecule has 0 saturated carbocycles. The lowest BCUT2D eigenvalue weighted by Crippen LogP contribution is -2.10. The summed E-state index contributed by atoms with van der Waals surface area (Å²) in [5.41, 5.74) is 1.01. The van der Waals surface area contributed by atoms with Gasteiger partial charge in [0.1, 0.15) is 0 Å². The van der Waals surface area contributed by atoms with Crippen molar-refractivity contribution in [3.63, 3.8) is 0 Å². The van der Waals surface area contributed by atoms with E-state index in [1.54, 1.807) is 24.3 Å². The van der Waals surface area contributed by atoms with Crippen LogP contribution < -0.4 is 0 Å². The van der Waals surface area contributed by atoms with E-state index in [-0.39, 0.29) is 6.42 Å². The summed E-state index contributed by atoms with van der Waals surface area (Å²) >= 11 is 0. The van der Waals surface area contributed by atoms with Gasteiger partial charge in [0.05, 0.1) is 19.2 Å². The first-order valence-corrected chi connectivity index (χ1v) is 4.11. The average Bonchev–Trinajstić information content (AvgIpc) is 2.26. The lowest BCUT2D eigenvalue weighted by molar-refractivity contribution is -0.139. The second-order valence-electron chi connectivity index (χ2n) is 2.67. The fourth-order valence-electron chi connectivity index (χ4n) is 1.03. The highest BCUT2D eigenvalue weighted by molar-refractivity contribution is 6.08. The number of rotatable bonds is 3. The highest BCUT2D eigenvalue weighted by Crippen LogP contribution is 2.04. The zero-order valence-electron chi connectivity index (χ0n) is 7.80. The summed E-state index contributed by atoms with van der Waals surface area (Å²) in [5, 5.41) is 11.8. The number of carbonyl (C=O) groups excluding carboxylic acids is 1. The molecule has 0 aliphatic carbocycles. The number of hydrogen-bond acceptors (Lipinski definition) is 4. The molecule has 0 aromatic heterocycles. The maximum absolute atomic E-state index is 10.9. The monoisotopic (exact) mass is 193 g/mol. The van der Waals surface area contributed by atoms with E-state index < -0.39 is 5.97 Å². The molecule has 0 atom stereocenters. The van der Waals surface area contributed by atoms with Gasteiger partial charge >= 0.3 is 5.97 Å². The summed E-state index contributed by atoms with van der Waals surface area (Å²) in [6.07, 6.45) is -0.0307. The van der Waals surface area contributed by atoms with E-state index >= 15 is 0 Å². The van der Waals surface area contributed by atoms with E-state index in [4.69, 9.17) is 5.21 Å². The number of oxime groups is 1. The van der Waals surface area contributed by atoms with Gasteiger partial charge in [-0.05, 0) is 5.56 Å². The molecule has 0 aliphatic heterocycles. The summed E-state index contributed by atoms with van der Waals surface area (Å²) in [5.74, 6) is -0.429. The zero-order chi connectivity index (χ0) is 10.4. The van der Waals surface area contributed by atoms with Crippen molar-refractivity contribution in [2.75, 3.05) is 7.11 Å². The Bertz CT molecular complexity index is 332. The molecule has 0 amide bonds. The number of ether oxygens (including phenoxy) is 1. The Morgan fingerprint density at radius 3 is 2.57 bits per heavy atom. The minimum absolute atomic E-state index is 0.0307. The van der Waals surface area contributed by atoms with Gasteiger partial charge in [0.15, 0.2) is 0 Å². The molecule has 14 heavy (non-hydrogen) atoms. The molecule has 0 radical (unpaired) electrons. The van der Waals surface area contributed by atoms with Gasteiger partial charge in [-0.3, -0.25) is 4.79 Å². The number of hydrogen-bond donors (Lipinski definition) is 1. The zero-order valence-corrected chi connectivity index (χ0v) is 7.80. The Morgan fingerprint density at radius 2 is 2.07 bits per heavy atom. The van der Waals surface area contributed by atoms with Crippen molar-refractivity contribution in [3.8, 4) is 0 Å². The maximum Gasteiger partial charge on any atom is 0.311 e. The molecule has 4 heteroatoms. The van der Waals surface area contributed by atoms with Crippen molar-refractivity contribution in [3.05, 3.63) is 35.9 Å². The Balaban J connectivity index is 2.79. The molecule has 1 aromatic carbocycles. The van der Waals surface area contributed by atoms with E-state index in [9.17, 15) is 4.79 Å². The van der Waals surface area contributed by atoms with E-state index in [0.717, 1.165) is 0 Å². The van der Waals surface area contributed by atoms with Crippen LogP contribution in [0.1, 0.15) is 12.0 Å². The Morgan fingerprint density at radius 1 is 1.43 bits per heavy atom. The van der Waals surface area contributed by atoms with Gasteiger partial charge in [-0.25, -0.2) is 0 Å². The normalized spacial score (nSPS) is 11.1. The molecular weight excluding hydrogens is 182 g/mol. The maximum atomic E-state index is 10.9. The Labute approximate surface area is 81.8 Å². The molecule has 0 spiro atoms. The standard InChI is InChI=1S/C10H11NO3/c1-14-10(12)7-9(11-13)8-5-3-2-4-6-8/h2-6,13H,7H2,1H3. The second kappa shape index (κ2) is 5.01. The minimum atomic E-state index is -0.429. The van der Waals surface area contributed by atoms with Crippen LogP contribution in [0.2, 0.25) is 0 Å². The smallest absolute Gasteiger partial charge is 0.311 e. The van der Waals surface area contributed by atoms with Crippen LogP contribution in [0.4, 0.5) is 0 Å². The third-order valence-electron chi connectivity index (χ3n) is 1.77. The Kier molecular flexibility index (Phi) is 3.67. The molecule has 1 rings (SSSR count). The largest absolute Gasteiger partial charge is 0.469 e. The van der Waals surface area contributed by atoms with Crippen molar-refractivity contribution < 1.29 is 14.7 Å². The molecule has 0 heterocycles. The number of esters is 1. The van der Waals surface area contributed by atoms with E-state index in [1.165, 1.54) is 7.11 Å². The van der Waals surface area contributed by atoms with Crippen molar-refractivity contribution in [1.82, 2.24) is 0 Å². The molecule has 1 aromatic rings. The number of benzene rings is 1. The highest BCUT2D eigenvalue weighted by Gasteiger charge is 2.09. The van der Waals surface area contributed by atoms with Crippen LogP contribution >= 0.6 is 0 Å². The van der Waals surface area contributed by atoms with Crippen molar-refractivity contribution in [2.24, 2.45) is 5.16 Å². The van der Waals surface area contributed by atoms with Crippen LogP contribution in [0.5, 0.6) is 0 Å². The van der Waals surface area contributed by atoms with Gasteiger partial charge in [-0.1, -0.05) is 35.5 Å². The molecular formula is C10H11NO3. The van der Waals surface area contributed by atoms with Crippen LogP contribution in [0, 0.1) is 0 Å². The second-order valence-corrected chi connectivity index (χ2v) is 2.67. The van der Waals surface area contributed by atoms with Crippen LogP contribution in [-0.2, 0) is 9.53 Å². The lowest BCUT2D eigenvalue weighted by atomic mass is 10.1. The lowest BCUT2D eigenvalue weighted by Gasteiger charge is -2.02. The van der Waals surface area contributed by atoms with Gasteiger partial charge in [-0.15, -0.1) is 0 Å². The summed E-state index contributed by atoms with van der Waals surface area (Å²) in [7, 11) is 1.29. The molecule has 0 saturated heterocycles. The first kappa shape index (κ1) is 10.2. The summed E-state index contributed by atoms with van der Waals surface area (Å²) in [6.45, 7) is 0. The topological polar surface area (TPSA) is 58.9 Å². The summed E-state index contributed by atoms with van der Waals surface area (Å²) in [6, 6.07) is 8.97. The van der Waals surface area contributed by atoms with Gasteiger partial charge in [0.2, 0.25) is 0 Å². The SMILES string of the molecule is COC(=O)CC(=NO)c1ccccc1. The van der Waals surface area contributed by atoms with Crippen LogP contribution in [0.15, 0.2) is 35.5 Å². The third-order valence-corrected chi connectivity index (χ3v) is 1.77. The minimum Gasteiger partial charge on any atom is -0.469 e. The van der Waals surface area contributed by atoms with Gasteiger partial charge in [0, 0.05) is 0 Å². The van der Waals surface area contributed by atoms with Crippen molar-refractivity contribution in [2.45, 2.75) is 6.42 Å². The number of methoxy groups -OCH3 is 1. The average molecular weight is 193 g/mol. The molecule has 1 N–H and O–H groups in total.